The molecule has 1 saturated heterocycles. The summed E-state index contributed by atoms with van der Waals surface area (Å²) >= 11 is 0. The van der Waals surface area contributed by atoms with Gasteiger partial charge in [0.25, 0.3) is 0 Å². The molecule has 0 amide bonds. The first-order chi connectivity index (χ1) is 7.70. The summed E-state index contributed by atoms with van der Waals surface area (Å²) in [5.41, 5.74) is 1.18. The molecule has 1 atom stereocenters. The molecule has 0 aliphatic carbocycles. The third kappa shape index (κ3) is 2.46. The van der Waals surface area contributed by atoms with Gasteiger partial charge in [0.05, 0.1) is 5.69 Å². The number of aromatic nitrogens is 1. The average molecular weight is 222 g/mol. The monoisotopic (exact) mass is 222 g/mol. The first-order valence-electron chi connectivity index (χ1n) is 6.39. The van der Waals surface area contributed by atoms with E-state index in [9.17, 15) is 0 Å². The molecule has 1 unspecified atom stereocenters. The Balaban J connectivity index is 2.17. The van der Waals surface area contributed by atoms with Gasteiger partial charge in [-0.3, -0.25) is 0 Å². The first-order valence-corrected chi connectivity index (χ1v) is 6.39. The highest BCUT2D eigenvalue weighted by atomic mass is 16.4. The molecule has 0 spiro atoms. The highest BCUT2D eigenvalue weighted by Gasteiger charge is 2.23. The van der Waals surface area contributed by atoms with Gasteiger partial charge in [0.15, 0.2) is 5.89 Å². The Hall–Kier alpha value is -0.830. The molecular weight excluding hydrogens is 200 g/mol. The minimum Gasteiger partial charge on any atom is -0.445 e. The minimum atomic E-state index is 0.492. The van der Waals surface area contributed by atoms with Gasteiger partial charge < -0.3 is 9.73 Å². The van der Waals surface area contributed by atoms with Gasteiger partial charge in [-0.15, -0.1) is 0 Å². The van der Waals surface area contributed by atoms with Crippen LogP contribution in [0.15, 0.2) is 4.42 Å². The third-order valence-electron chi connectivity index (χ3n) is 3.13. The van der Waals surface area contributed by atoms with Crippen LogP contribution in [0.3, 0.4) is 0 Å². The van der Waals surface area contributed by atoms with Crippen LogP contribution in [0.25, 0.3) is 0 Å². The van der Waals surface area contributed by atoms with Crippen molar-refractivity contribution in [2.75, 3.05) is 13.1 Å². The lowest BCUT2D eigenvalue weighted by molar-refractivity contribution is 0.428. The van der Waals surface area contributed by atoms with Crippen LogP contribution in [0.5, 0.6) is 0 Å². The van der Waals surface area contributed by atoms with Crippen LogP contribution in [-0.2, 0) is 12.8 Å². The van der Waals surface area contributed by atoms with Gasteiger partial charge in [-0.25, -0.2) is 4.98 Å². The molecule has 1 aromatic rings. The summed E-state index contributed by atoms with van der Waals surface area (Å²) in [6.45, 7) is 8.70. The molecule has 0 aromatic carbocycles. The van der Waals surface area contributed by atoms with Crippen molar-refractivity contribution in [1.29, 1.82) is 0 Å². The topological polar surface area (TPSA) is 38.1 Å². The average Bonchev–Trinajstić information content (AvgIpc) is 2.83. The maximum absolute atomic E-state index is 5.90. The van der Waals surface area contributed by atoms with E-state index < -0.39 is 0 Å². The second-order valence-corrected chi connectivity index (χ2v) is 5.06. The van der Waals surface area contributed by atoms with Crippen LogP contribution < -0.4 is 5.32 Å². The summed E-state index contributed by atoms with van der Waals surface area (Å²) in [4.78, 5) is 4.70. The Kier molecular flexibility index (Phi) is 3.64. The predicted octanol–water partition coefficient (Wildman–Crippen LogP) is 2.51. The molecule has 3 heteroatoms. The second-order valence-electron chi connectivity index (χ2n) is 5.06. The van der Waals surface area contributed by atoms with Gasteiger partial charge in [0, 0.05) is 18.9 Å². The van der Waals surface area contributed by atoms with E-state index in [0.29, 0.717) is 11.8 Å². The Morgan fingerprint density at radius 2 is 2.31 bits per heavy atom. The van der Waals surface area contributed by atoms with Crippen molar-refractivity contribution in [1.82, 2.24) is 10.3 Å². The number of rotatable bonds is 4. The maximum atomic E-state index is 5.90. The molecule has 0 bridgehead atoms. The molecule has 2 heterocycles. The molecule has 3 nitrogen and oxygen atoms in total. The van der Waals surface area contributed by atoms with Crippen molar-refractivity contribution < 1.29 is 4.42 Å². The number of nitrogens with one attached hydrogen (secondary N) is 1. The zero-order chi connectivity index (χ0) is 11.5. The molecule has 16 heavy (non-hydrogen) atoms. The molecule has 1 aliphatic heterocycles. The SMILES string of the molecule is CCc1oc(C2CCNC2)nc1CC(C)C. The normalized spacial score (nSPS) is 20.9. The number of hydrogen-bond donors (Lipinski definition) is 1. The van der Waals surface area contributed by atoms with Crippen molar-refractivity contribution in [3.05, 3.63) is 17.3 Å². The van der Waals surface area contributed by atoms with E-state index in [-0.39, 0.29) is 0 Å². The highest BCUT2D eigenvalue weighted by Crippen LogP contribution is 2.25. The quantitative estimate of drug-likeness (QED) is 0.850. The van der Waals surface area contributed by atoms with E-state index in [1.165, 1.54) is 5.69 Å². The standard InChI is InChI=1S/C13H22N2O/c1-4-12-11(7-9(2)3)15-13(16-12)10-5-6-14-8-10/h9-10,14H,4-8H2,1-3H3. The van der Waals surface area contributed by atoms with Crippen LogP contribution in [0.4, 0.5) is 0 Å². The van der Waals surface area contributed by atoms with Crippen LogP contribution in [-0.4, -0.2) is 18.1 Å². The molecule has 0 radical (unpaired) electrons. The Morgan fingerprint density at radius 3 is 2.88 bits per heavy atom. The molecule has 1 fully saturated rings. The van der Waals surface area contributed by atoms with E-state index in [1.54, 1.807) is 0 Å². The Morgan fingerprint density at radius 1 is 1.50 bits per heavy atom. The zero-order valence-corrected chi connectivity index (χ0v) is 10.5. The zero-order valence-electron chi connectivity index (χ0n) is 10.5. The molecule has 0 saturated carbocycles. The van der Waals surface area contributed by atoms with E-state index >= 15 is 0 Å². The van der Waals surface area contributed by atoms with Crippen molar-refractivity contribution in [3.63, 3.8) is 0 Å². The van der Waals surface area contributed by atoms with Crippen LogP contribution in [0, 0.1) is 5.92 Å². The number of hydrogen-bond acceptors (Lipinski definition) is 3. The van der Waals surface area contributed by atoms with E-state index in [0.717, 1.165) is 44.0 Å². The lowest BCUT2D eigenvalue weighted by Gasteiger charge is -2.01. The summed E-state index contributed by atoms with van der Waals surface area (Å²) in [7, 11) is 0. The molecule has 1 N–H and O–H groups in total. The molecule has 1 aliphatic rings. The fourth-order valence-corrected chi connectivity index (χ4v) is 2.27. The van der Waals surface area contributed by atoms with Gasteiger partial charge >= 0.3 is 0 Å². The maximum Gasteiger partial charge on any atom is 0.199 e. The minimum absolute atomic E-state index is 0.492. The molecular formula is C13H22N2O. The number of oxazole rings is 1. The van der Waals surface area contributed by atoms with Gasteiger partial charge in [0.2, 0.25) is 0 Å². The van der Waals surface area contributed by atoms with Crippen molar-refractivity contribution in [2.45, 2.75) is 46.0 Å². The highest BCUT2D eigenvalue weighted by molar-refractivity contribution is 5.13. The summed E-state index contributed by atoms with van der Waals surface area (Å²) in [5, 5.41) is 3.36. The summed E-state index contributed by atoms with van der Waals surface area (Å²) in [6, 6.07) is 0. The summed E-state index contributed by atoms with van der Waals surface area (Å²) < 4.78 is 5.90. The van der Waals surface area contributed by atoms with E-state index in [4.69, 9.17) is 9.40 Å². The van der Waals surface area contributed by atoms with Gasteiger partial charge in [-0.05, 0) is 25.3 Å². The number of aryl methyl sites for hydroxylation is 1. The van der Waals surface area contributed by atoms with Gasteiger partial charge in [-0.2, -0.15) is 0 Å². The third-order valence-corrected chi connectivity index (χ3v) is 3.13. The smallest absolute Gasteiger partial charge is 0.199 e. The van der Waals surface area contributed by atoms with E-state index in [2.05, 4.69) is 26.1 Å². The van der Waals surface area contributed by atoms with Crippen molar-refractivity contribution >= 4 is 0 Å². The van der Waals surface area contributed by atoms with Crippen molar-refractivity contribution in [3.8, 4) is 0 Å². The molecule has 2 rings (SSSR count). The largest absolute Gasteiger partial charge is 0.445 e. The van der Waals surface area contributed by atoms with Crippen LogP contribution >= 0.6 is 0 Å². The molecule has 1 aromatic heterocycles. The first kappa shape index (κ1) is 11.6. The Bertz CT molecular complexity index is 338. The molecule has 90 valence electrons. The van der Waals surface area contributed by atoms with Gasteiger partial charge in [0.1, 0.15) is 5.76 Å². The fourth-order valence-electron chi connectivity index (χ4n) is 2.27. The summed E-state index contributed by atoms with van der Waals surface area (Å²) in [6.07, 6.45) is 3.15. The number of nitrogens with zero attached hydrogens (tertiary/aromatic N) is 1. The van der Waals surface area contributed by atoms with Crippen LogP contribution in [0.2, 0.25) is 0 Å². The fraction of sp³-hybridized carbons (Fsp3) is 0.769. The Labute approximate surface area is 97.6 Å². The van der Waals surface area contributed by atoms with Gasteiger partial charge in [-0.1, -0.05) is 20.8 Å². The van der Waals surface area contributed by atoms with Crippen molar-refractivity contribution in [2.24, 2.45) is 5.92 Å². The second kappa shape index (κ2) is 5.00. The lowest BCUT2D eigenvalue weighted by atomic mass is 10.1. The summed E-state index contributed by atoms with van der Waals surface area (Å²) in [5.74, 6) is 3.18. The van der Waals surface area contributed by atoms with E-state index in [1.807, 2.05) is 0 Å². The van der Waals surface area contributed by atoms with Crippen LogP contribution in [0.1, 0.15) is 50.5 Å². The lowest BCUT2D eigenvalue weighted by Crippen LogP contribution is -2.08. The predicted molar refractivity (Wildman–Crippen MR) is 64.7 cm³/mol.